The Morgan fingerprint density at radius 1 is 1.21 bits per heavy atom. The number of hydrogen-bond donors (Lipinski definition) is 2. The van der Waals surface area contributed by atoms with E-state index in [0.29, 0.717) is 17.9 Å². The summed E-state index contributed by atoms with van der Waals surface area (Å²) in [7, 11) is -3.15. The highest BCUT2D eigenvalue weighted by Gasteiger charge is 2.06. The van der Waals surface area contributed by atoms with E-state index in [4.69, 9.17) is 0 Å². The Hall–Kier alpha value is -1.56. The summed E-state index contributed by atoms with van der Waals surface area (Å²) in [6.07, 6.45) is 1.84. The van der Waals surface area contributed by atoms with Crippen molar-refractivity contribution >= 4 is 15.9 Å². The Labute approximate surface area is 114 Å². The molecular weight excluding hydrogens is 264 g/mol. The molecule has 6 heteroatoms. The van der Waals surface area contributed by atoms with Crippen LogP contribution in [-0.2, 0) is 16.3 Å². The maximum atomic E-state index is 11.3. The highest BCUT2D eigenvalue weighted by Crippen LogP contribution is 2.10. The summed E-state index contributed by atoms with van der Waals surface area (Å²) in [5, 5.41) is 5.47. The van der Waals surface area contributed by atoms with Gasteiger partial charge in [-0.05, 0) is 38.0 Å². The highest BCUT2D eigenvalue weighted by atomic mass is 32.2. The van der Waals surface area contributed by atoms with Crippen LogP contribution in [0.25, 0.3) is 0 Å². The second kappa shape index (κ2) is 6.56. The molecule has 0 aliphatic carbocycles. The molecule has 0 heterocycles. The van der Waals surface area contributed by atoms with Gasteiger partial charge in [-0.1, -0.05) is 12.1 Å². The van der Waals surface area contributed by atoms with Gasteiger partial charge in [0, 0.05) is 18.8 Å². The van der Waals surface area contributed by atoms with E-state index in [1.807, 2.05) is 13.8 Å². The number of carbonyl (C=O) groups is 1. The predicted octanol–water partition coefficient (Wildman–Crippen LogP) is 1.34. The maximum absolute atomic E-state index is 11.3. The smallest absolute Gasteiger partial charge is 0.314 e. The highest BCUT2D eigenvalue weighted by molar-refractivity contribution is 7.90. The second-order valence-corrected chi connectivity index (χ2v) is 6.74. The Balaban J connectivity index is 2.45. The van der Waals surface area contributed by atoms with Crippen LogP contribution < -0.4 is 10.6 Å². The molecule has 106 valence electrons. The summed E-state index contributed by atoms with van der Waals surface area (Å²) in [5.41, 5.74) is 0.984. The second-order valence-electron chi connectivity index (χ2n) is 4.72. The fraction of sp³-hybridized carbons (Fsp3) is 0.462. The van der Waals surface area contributed by atoms with Gasteiger partial charge < -0.3 is 10.6 Å². The first-order valence-electron chi connectivity index (χ1n) is 6.12. The van der Waals surface area contributed by atoms with Crippen molar-refractivity contribution in [3.63, 3.8) is 0 Å². The minimum absolute atomic E-state index is 0.106. The van der Waals surface area contributed by atoms with Crippen molar-refractivity contribution in [1.82, 2.24) is 10.6 Å². The number of amides is 2. The molecule has 0 aliphatic heterocycles. The third-order valence-electron chi connectivity index (χ3n) is 2.47. The van der Waals surface area contributed by atoms with Crippen LogP contribution in [0.5, 0.6) is 0 Å². The third kappa shape index (κ3) is 5.74. The molecule has 0 aliphatic rings. The zero-order valence-corrected chi connectivity index (χ0v) is 12.3. The summed E-state index contributed by atoms with van der Waals surface area (Å²) in [6.45, 7) is 4.30. The molecule has 0 unspecified atom stereocenters. The van der Waals surface area contributed by atoms with E-state index in [1.165, 1.54) is 6.26 Å². The SMILES string of the molecule is CC(C)NC(=O)NCCc1ccc(S(C)(=O)=O)cc1. The molecule has 0 saturated heterocycles. The number of sulfone groups is 1. The number of hydrogen-bond acceptors (Lipinski definition) is 3. The first-order chi connectivity index (χ1) is 8.79. The van der Waals surface area contributed by atoms with Crippen LogP contribution in [0, 0.1) is 0 Å². The molecule has 0 radical (unpaired) electrons. The van der Waals surface area contributed by atoms with Gasteiger partial charge in [-0.15, -0.1) is 0 Å². The average Bonchev–Trinajstić information content (AvgIpc) is 2.27. The van der Waals surface area contributed by atoms with Crippen molar-refractivity contribution in [2.75, 3.05) is 12.8 Å². The monoisotopic (exact) mass is 284 g/mol. The van der Waals surface area contributed by atoms with Crippen LogP contribution in [-0.4, -0.2) is 33.3 Å². The van der Waals surface area contributed by atoms with Crippen molar-refractivity contribution in [2.45, 2.75) is 31.2 Å². The van der Waals surface area contributed by atoms with Gasteiger partial charge in [0.25, 0.3) is 0 Å². The zero-order valence-electron chi connectivity index (χ0n) is 11.4. The van der Waals surface area contributed by atoms with Gasteiger partial charge in [0.05, 0.1) is 4.90 Å². The lowest BCUT2D eigenvalue weighted by atomic mass is 10.1. The minimum Gasteiger partial charge on any atom is -0.338 e. The van der Waals surface area contributed by atoms with Gasteiger partial charge in [-0.3, -0.25) is 0 Å². The average molecular weight is 284 g/mol. The number of benzene rings is 1. The lowest BCUT2D eigenvalue weighted by molar-refractivity contribution is 0.238. The first kappa shape index (κ1) is 15.5. The van der Waals surface area contributed by atoms with Gasteiger partial charge in [0.1, 0.15) is 0 Å². The molecule has 0 spiro atoms. The van der Waals surface area contributed by atoms with Crippen molar-refractivity contribution in [3.8, 4) is 0 Å². The fourth-order valence-electron chi connectivity index (χ4n) is 1.54. The van der Waals surface area contributed by atoms with E-state index >= 15 is 0 Å². The largest absolute Gasteiger partial charge is 0.338 e. The van der Waals surface area contributed by atoms with Crippen LogP contribution in [0.15, 0.2) is 29.2 Å². The maximum Gasteiger partial charge on any atom is 0.314 e. The molecule has 0 atom stereocenters. The molecule has 19 heavy (non-hydrogen) atoms. The van der Waals surface area contributed by atoms with Gasteiger partial charge in [-0.25, -0.2) is 13.2 Å². The van der Waals surface area contributed by atoms with E-state index < -0.39 is 9.84 Å². The molecule has 1 aromatic rings. The van der Waals surface area contributed by atoms with E-state index in [-0.39, 0.29) is 12.1 Å². The fourth-order valence-corrected chi connectivity index (χ4v) is 2.17. The van der Waals surface area contributed by atoms with Crippen molar-refractivity contribution in [3.05, 3.63) is 29.8 Å². The minimum atomic E-state index is -3.15. The summed E-state index contributed by atoms with van der Waals surface area (Å²) in [4.78, 5) is 11.6. The van der Waals surface area contributed by atoms with Crippen LogP contribution >= 0.6 is 0 Å². The quantitative estimate of drug-likeness (QED) is 0.856. The molecule has 2 amide bonds. The molecule has 0 fully saturated rings. The predicted molar refractivity (Wildman–Crippen MR) is 74.9 cm³/mol. The summed E-state index contributed by atoms with van der Waals surface area (Å²) in [6, 6.07) is 6.60. The molecule has 5 nitrogen and oxygen atoms in total. The summed E-state index contributed by atoms with van der Waals surface area (Å²) < 4.78 is 22.6. The molecule has 1 aromatic carbocycles. The summed E-state index contributed by atoms with van der Waals surface area (Å²) in [5.74, 6) is 0. The number of rotatable bonds is 5. The number of nitrogens with one attached hydrogen (secondary N) is 2. The Kier molecular flexibility index (Phi) is 5.35. The molecular formula is C13H20N2O3S. The zero-order chi connectivity index (χ0) is 14.5. The van der Waals surface area contributed by atoms with Crippen LogP contribution in [0.1, 0.15) is 19.4 Å². The van der Waals surface area contributed by atoms with Crippen LogP contribution in [0.2, 0.25) is 0 Å². The Bertz CT molecular complexity index is 521. The molecule has 0 saturated carbocycles. The Morgan fingerprint density at radius 2 is 1.79 bits per heavy atom. The van der Waals surface area contributed by atoms with Gasteiger partial charge in [-0.2, -0.15) is 0 Å². The normalized spacial score (nSPS) is 11.4. The van der Waals surface area contributed by atoms with E-state index in [1.54, 1.807) is 24.3 Å². The van der Waals surface area contributed by atoms with E-state index in [2.05, 4.69) is 10.6 Å². The lowest BCUT2D eigenvalue weighted by Gasteiger charge is -2.10. The summed E-state index contributed by atoms with van der Waals surface area (Å²) >= 11 is 0. The standard InChI is InChI=1S/C13H20N2O3S/c1-10(2)15-13(16)14-9-8-11-4-6-12(7-5-11)19(3,17)18/h4-7,10H,8-9H2,1-3H3,(H2,14,15,16). The molecule has 0 aromatic heterocycles. The van der Waals surface area contributed by atoms with Crippen LogP contribution in [0.4, 0.5) is 4.79 Å². The molecule has 2 N–H and O–H groups in total. The van der Waals surface area contributed by atoms with Gasteiger partial charge >= 0.3 is 6.03 Å². The molecule has 0 bridgehead atoms. The van der Waals surface area contributed by atoms with E-state index in [0.717, 1.165) is 5.56 Å². The van der Waals surface area contributed by atoms with Crippen molar-refractivity contribution < 1.29 is 13.2 Å². The third-order valence-corrected chi connectivity index (χ3v) is 3.60. The van der Waals surface area contributed by atoms with Gasteiger partial charge in [0.15, 0.2) is 9.84 Å². The Morgan fingerprint density at radius 3 is 2.26 bits per heavy atom. The van der Waals surface area contributed by atoms with Gasteiger partial charge in [0.2, 0.25) is 0 Å². The number of urea groups is 1. The van der Waals surface area contributed by atoms with E-state index in [9.17, 15) is 13.2 Å². The topological polar surface area (TPSA) is 75.3 Å². The lowest BCUT2D eigenvalue weighted by Crippen LogP contribution is -2.40. The van der Waals surface area contributed by atoms with Crippen molar-refractivity contribution in [1.29, 1.82) is 0 Å². The number of carbonyl (C=O) groups excluding carboxylic acids is 1. The molecule has 1 rings (SSSR count). The van der Waals surface area contributed by atoms with Crippen LogP contribution in [0.3, 0.4) is 0 Å². The first-order valence-corrected chi connectivity index (χ1v) is 8.01. The van der Waals surface area contributed by atoms with Crippen molar-refractivity contribution in [2.24, 2.45) is 0 Å².